The fourth-order valence-electron chi connectivity index (χ4n) is 2.90. The highest BCUT2D eigenvalue weighted by Gasteiger charge is 2.39. The van der Waals surface area contributed by atoms with Crippen molar-refractivity contribution in [2.45, 2.75) is 31.8 Å². The minimum Gasteiger partial charge on any atom is -0.389 e. The smallest absolute Gasteiger partial charge is 0.0774 e. The lowest BCUT2D eigenvalue weighted by molar-refractivity contribution is -0.0463. The lowest BCUT2D eigenvalue weighted by Gasteiger charge is -2.43. The Morgan fingerprint density at radius 3 is 2.64 bits per heavy atom. The van der Waals surface area contributed by atoms with Crippen LogP contribution in [0.15, 0.2) is 0 Å². The zero-order chi connectivity index (χ0) is 10.0. The zero-order valence-electron chi connectivity index (χ0n) is 8.96. The van der Waals surface area contributed by atoms with Gasteiger partial charge in [0.2, 0.25) is 0 Å². The molecule has 14 heavy (non-hydrogen) atoms. The minimum absolute atomic E-state index is 0.467. The molecule has 0 aliphatic carbocycles. The van der Waals surface area contributed by atoms with Gasteiger partial charge in [-0.1, -0.05) is 0 Å². The van der Waals surface area contributed by atoms with E-state index in [0.717, 1.165) is 25.4 Å². The molecule has 3 heteroatoms. The van der Waals surface area contributed by atoms with Gasteiger partial charge < -0.3 is 10.4 Å². The molecule has 2 rings (SSSR count). The molecule has 2 N–H and O–H groups in total. The van der Waals surface area contributed by atoms with Gasteiger partial charge in [0, 0.05) is 6.54 Å². The summed E-state index contributed by atoms with van der Waals surface area (Å²) in [5, 5.41) is 13.6. The maximum absolute atomic E-state index is 10.3. The largest absolute Gasteiger partial charge is 0.389 e. The highest BCUT2D eigenvalue weighted by atomic mass is 32.2. The molecule has 82 valence electrons. The van der Waals surface area contributed by atoms with Gasteiger partial charge in [-0.05, 0) is 56.1 Å². The third-order valence-corrected chi connectivity index (χ3v) is 4.80. The predicted molar refractivity (Wildman–Crippen MR) is 61.6 cm³/mol. The van der Waals surface area contributed by atoms with Crippen molar-refractivity contribution in [2.24, 2.45) is 11.8 Å². The van der Waals surface area contributed by atoms with E-state index in [1.165, 1.54) is 24.3 Å². The second-order valence-electron chi connectivity index (χ2n) is 4.88. The van der Waals surface area contributed by atoms with Gasteiger partial charge >= 0.3 is 0 Å². The summed E-state index contributed by atoms with van der Waals surface area (Å²) in [5.41, 5.74) is -0.467. The Bertz CT molecular complexity index is 190. The maximum atomic E-state index is 10.3. The van der Waals surface area contributed by atoms with E-state index in [4.69, 9.17) is 0 Å². The summed E-state index contributed by atoms with van der Waals surface area (Å²) in [6, 6.07) is 0. The maximum Gasteiger partial charge on any atom is 0.0774 e. The van der Waals surface area contributed by atoms with Crippen molar-refractivity contribution in [1.29, 1.82) is 0 Å². The van der Waals surface area contributed by atoms with E-state index in [1.54, 1.807) is 0 Å². The number of hydrogen-bond acceptors (Lipinski definition) is 3. The molecule has 2 nitrogen and oxygen atoms in total. The number of rotatable bonds is 1. The van der Waals surface area contributed by atoms with Crippen LogP contribution in [-0.4, -0.2) is 35.3 Å². The van der Waals surface area contributed by atoms with E-state index in [0.29, 0.717) is 5.92 Å². The van der Waals surface area contributed by atoms with E-state index < -0.39 is 5.60 Å². The molecule has 0 bridgehead atoms. The molecule has 0 radical (unpaired) electrons. The monoisotopic (exact) mass is 215 g/mol. The zero-order valence-corrected chi connectivity index (χ0v) is 9.78. The van der Waals surface area contributed by atoms with Crippen molar-refractivity contribution >= 4 is 11.8 Å². The third kappa shape index (κ3) is 2.26. The van der Waals surface area contributed by atoms with Crippen LogP contribution in [0, 0.1) is 11.8 Å². The molecule has 2 aliphatic heterocycles. The topological polar surface area (TPSA) is 32.3 Å². The van der Waals surface area contributed by atoms with Crippen molar-refractivity contribution < 1.29 is 5.11 Å². The Morgan fingerprint density at radius 1 is 1.29 bits per heavy atom. The first kappa shape index (κ1) is 10.8. The Balaban J connectivity index is 1.99. The summed E-state index contributed by atoms with van der Waals surface area (Å²) < 4.78 is 0. The standard InChI is InChI=1S/C11H21NOS/c1-11(13)8-12-5-2-10(11)9-3-6-14-7-4-9/h9-10,12-13H,2-8H2,1H3. The van der Waals surface area contributed by atoms with E-state index >= 15 is 0 Å². The SMILES string of the molecule is CC1(O)CNCCC1C1CCSCC1. The summed E-state index contributed by atoms with van der Waals surface area (Å²) in [4.78, 5) is 0. The number of thioether (sulfide) groups is 1. The Labute approximate surface area is 90.8 Å². The molecule has 0 spiro atoms. The van der Waals surface area contributed by atoms with Crippen LogP contribution in [0.25, 0.3) is 0 Å². The average Bonchev–Trinajstić information content (AvgIpc) is 2.18. The Kier molecular flexibility index (Phi) is 3.40. The normalized spacial score (nSPS) is 41.1. The molecule has 2 unspecified atom stereocenters. The van der Waals surface area contributed by atoms with Crippen LogP contribution in [0.5, 0.6) is 0 Å². The van der Waals surface area contributed by atoms with E-state index in [-0.39, 0.29) is 0 Å². The summed E-state index contributed by atoms with van der Waals surface area (Å²) in [6.45, 7) is 3.87. The molecule has 0 aromatic carbocycles. The van der Waals surface area contributed by atoms with E-state index in [1.807, 2.05) is 6.92 Å². The molecule has 2 fully saturated rings. The van der Waals surface area contributed by atoms with Gasteiger partial charge in [-0.25, -0.2) is 0 Å². The van der Waals surface area contributed by atoms with Gasteiger partial charge in [-0.15, -0.1) is 0 Å². The lowest BCUT2D eigenvalue weighted by atomic mass is 9.73. The van der Waals surface area contributed by atoms with Crippen molar-refractivity contribution in [2.75, 3.05) is 24.6 Å². The molecule has 2 atom stereocenters. The van der Waals surface area contributed by atoms with Gasteiger partial charge in [-0.3, -0.25) is 0 Å². The number of nitrogens with one attached hydrogen (secondary N) is 1. The second-order valence-corrected chi connectivity index (χ2v) is 6.10. The van der Waals surface area contributed by atoms with Crippen molar-refractivity contribution in [3.63, 3.8) is 0 Å². The fourth-order valence-corrected chi connectivity index (χ4v) is 4.05. The molecule has 0 aromatic heterocycles. The summed E-state index contributed by atoms with van der Waals surface area (Å²) in [7, 11) is 0. The van der Waals surface area contributed by atoms with Gasteiger partial charge in [0.1, 0.15) is 0 Å². The molecular formula is C11H21NOS. The second kappa shape index (κ2) is 4.42. The summed E-state index contributed by atoms with van der Waals surface area (Å²) >= 11 is 2.07. The number of piperidine rings is 1. The molecule has 0 aromatic rings. The highest BCUT2D eigenvalue weighted by molar-refractivity contribution is 7.99. The van der Waals surface area contributed by atoms with Crippen LogP contribution < -0.4 is 5.32 Å². The average molecular weight is 215 g/mol. The van der Waals surface area contributed by atoms with Crippen molar-refractivity contribution in [1.82, 2.24) is 5.32 Å². The quantitative estimate of drug-likeness (QED) is 0.695. The van der Waals surface area contributed by atoms with Crippen LogP contribution in [0.4, 0.5) is 0 Å². The van der Waals surface area contributed by atoms with Crippen LogP contribution in [0.3, 0.4) is 0 Å². The molecule has 2 aliphatic rings. The van der Waals surface area contributed by atoms with Gasteiger partial charge in [0.25, 0.3) is 0 Å². The molecule has 2 heterocycles. The first-order valence-corrected chi connectivity index (χ1v) is 6.86. The third-order valence-electron chi connectivity index (χ3n) is 3.75. The summed E-state index contributed by atoms with van der Waals surface area (Å²) in [5.74, 6) is 3.90. The van der Waals surface area contributed by atoms with Gasteiger partial charge in [0.05, 0.1) is 5.60 Å². The fraction of sp³-hybridized carbons (Fsp3) is 1.00. The highest BCUT2D eigenvalue weighted by Crippen LogP contribution is 2.37. The van der Waals surface area contributed by atoms with E-state index in [9.17, 15) is 5.11 Å². The molecule has 0 saturated carbocycles. The van der Waals surface area contributed by atoms with E-state index in [2.05, 4.69) is 17.1 Å². The Morgan fingerprint density at radius 2 is 2.00 bits per heavy atom. The van der Waals surface area contributed by atoms with Gasteiger partial charge in [-0.2, -0.15) is 11.8 Å². The summed E-state index contributed by atoms with van der Waals surface area (Å²) in [6.07, 6.45) is 3.78. The van der Waals surface area contributed by atoms with Crippen LogP contribution in [-0.2, 0) is 0 Å². The lowest BCUT2D eigenvalue weighted by Crippen LogP contribution is -2.52. The minimum atomic E-state index is -0.467. The molecular weight excluding hydrogens is 194 g/mol. The van der Waals surface area contributed by atoms with Crippen molar-refractivity contribution in [3.8, 4) is 0 Å². The Hall–Kier alpha value is 0.270. The number of hydrogen-bond donors (Lipinski definition) is 2. The van der Waals surface area contributed by atoms with Crippen LogP contribution in [0.2, 0.25) is 0 Å². The molecule has 2 saturated heterocycles. The predicted octanol–water partition coefficient (Wildman–Crippen LogP) is 1.49. The van der Waals surface area contributed by atoms with Crippen molar-refractivity contribution in [3.05, 3.63) is 0 Å². The van der Waals surface area contributed by atoms with Gasteiger partial charge in [0.15, 0.2) is 0 Å². The first-order chi connectivity index (χ1) is 6.70. The van der Waals surface area contributed by atoms with Crippen LogP contribution >= 0.6 is 11.8 Å². The number of β-amino-alcohol motifs (C(OH)–C–C–N with tert-alkyl or cyclic N) is 1. The first-order valence-electron chi connectivity index (χ1n) is 5.71. The van der Waals surface area contributed by atoms with Crippen LogP contribution in [0.1, 0.15) is 26.2 Å². The number of aliphatic hydroxyl groups is 1. The molecule has 0 amide bonds.